The fourth-order valence-electron chi connectivity index (χ4n) is 2.25. The highest BCUT2D eigenvalue weighted by molar-refractivity contribution is 14.0. The van der Waals surface area contributed by atoms with Gasteiger partial charge in [-0.05, 0) is 34.1 Å². The highest BCUT2D eigenvalue weighted by atomic mass is 127. The number of likely N-dealkylation sites (tertiary alicyclic amines) is 1. The number of alkyl carbamates (subject to hydrolysis) is 1. The number of guanidine groups is 1. The summed E-state index contributed by atoms with van der Waals surface area (Å²) in [6, 6.07) is -0.0399. The van der Waals surface area contributed by atoms with Crippen LogP contribution in [0, 0.1) is 0 Å². The number of hydrogen-bond donors (Lipinski definition) is 3. The largest absolute Gasteiger partial charge is 0.444 e. The summed E-state index contributed by atoms with van der Waals surface area (Å²) in [5.41, 5.74) is -0.535. The summed E-state index contributed by atoms with van der Waals surface area (Å²) in [6.45, 7) is 9.43. The van der Waals surface area contributed by atoms with Crippen LogP contribution in [0.3, 0.4) is 0 Å². The number of ether oxygens (including phenoxy) is 1. The van der Waals surface area contributed by atoms with E-state index in [0.29, 0.717) is 25.6 Å². The van der Waals surface area contributed by atoms with Crippen molar-refractivity contribution < 1.29 is 17.9 Å². The minimum atomic E-state index is -3.53. The molecule has 1 rings (SSSR count). The maximum Gasteiger partial charge on any atom is 0.407 e. The maximum absolute atomic E-state index is 11.8. The first-order valence-electron chi connectivity index (χ1n) is 8.03. The van der Waals surface area contributed by atoms with E-state index in [1.165, 1.54) is 0 Å². The Labute approximate surface area is 167 Å². The number of nitrogens with one attached hydrogen (secondary N) is 2. The molecule has 1 amide bonds. The number of sulfonamides is 1. The number of rotatable bonds is 5. The van der Waals surface area contributed by atoms with Gasteiger partial charge >= 0.3 is 6.09 Å². The van der Waals surface area contributed by atoms with Crippen molar-refractivity contribution in [1.29, 1.82) is 0 Å². The molecule has 0 bridgehead atoms. The molecular weight excluding hydrogens is 461 g/mol. The van der Waals surface area contributed by atoms with Gasteiger partial charge in [-0.1, -0.05) is 0 Å². The summed E-state index contributed by atoms with van der Waals surface area (Å²) >= 11 is 0. The van der Waals surface area contributed by atoms with Gasteiger partial charge in [0.1, 0.15) is 5.60 Å². The second-order valence-electron chi connectivity index (χ2n) is 6.68. The predicted molar refractivity (Wildman–Crippen MR) is 109 cm³/mol. The number of halogens is 1. The Balaban J connectivity index is 0.00000576. The van der Waals surface area contributed by atoms with Crippen LogP contribution in [0.4, 0.5) is 4.79 Å². The number of nitrogens with two attached hydrogens (primary N) is 1. The second-order valence-corrected chi connectivity index (χ2v) is 8.41. The van der Waals surface area contributed by atoms with Crippen molar-refractivity contribution in [2.24, 2.45) is 10.1 Å². The number of carbonyl (C=O) groups is 1. The van der Waals surface area contributed by atoms with Crippen LogP contribution in [0.2, 0.25) is 0 Å². The Bertz CT molecular complexity index is 562. The number of primary sulfonamides is 1. The minimum absolute atomic E-state index is 0. The van der Waals surface area contributed by atoms with Crippen LogP contribution in [-0.4, -0.2) is 68.9 Å². The third-order valence-corrected chi connectivity index (χ3v) is 3.93. The lowest BCUT2D eigenvalue weighted by atomic mass is 10.2. The molecule has 0 saturated carbocycles. The molecule has 9 nitrogen and oxygen atoms in total. The number of hydrogen-bond acceptors (Lipinski definition) is 5. The van der Waals surface area contributed by atoms with E-state index in [4.69, 9.17) is 9.88 Å². The molecule has 1 saturated heterocycles. The van der Waals surface area contributed by atoms with Crippen molar-refractivity contribution in [2.75, 3.05) is 31.9 Å². The van der Waals surface area contributed by atoms with Gasteiger partial charge < -0.3 is 20.3 Å². The minimum Gasteiger partial charge on any atom is -0.444 e. The third kappa shape index (κ3) is 10.7. The van der Waals surface area contributed by atoms with Crippen LogP contribution in [0.5, 0.6) is 0 Å². The Morgan fingerprint density at radius 2 is 2.04 bits per heavy atom. The lowest BCUT2D eigenvalue weighted by Gasteiger charge is -2.23. The van der Waals surface area contributed by atoms with E-state index in [1.807, 2.05) is 32.6 Å². The van der Waals surface area contributed by atoms with E-state index in [-0.39, 0.29) is 42.3 Å². The van der Waals surface area contributed by atoms with Gasteiger partial charge in [0, 0.05) is 19.6 Å². The van der Waals surface area contributed by atoms with E-state index < -0.39 is 21.7 Å². The van der Waals surface area contributed by atoms with Gasteiger partial charge in [-0.2, -0.15) is 0 Å². The van der Waals surface area contributed by atoms with E-state index in [2.05, 4.69) is 15.6 Å². The molecule has 0 spiro atoms. The topological polar surface area (TPSA) is 126 Å². The maximum atomic E-state index is 11.8. The van der Waals surface area contributed by atoms with Gasteiger partial charge in [-0.15, -0.1) is 24.0 Å². The van der Waals surface area contributed by atoms with Gasteiger partial charge in [-0.3, -0.25) is 4.99 Å². The SMILES string of the molecule is CCNC(=NCCS(N)(=O)=O)N1CCC(NC(=O)OC(C)(C)C)C1.I. The summed E-state index contributed by atoms with van der Waals surface area (Å²) < 4.78 is 27.2. The van der Waals surface area contributed by atoms with Crippen molar-refractivity contribution >= 4 is 46.1 Å². The quantitative estimate of drug-likeness (QED) is 0.292. The van der Waals surface area contributed by atoms with Crippen LogP contribution in [0.1, 0.15) is 34.1 Å². The Morgan fingerprint density at radius 1 is 1.40 bits per heavy atom. The highest BCUT2D eigenvalue weighted by Crippen LogP contribution is 2.12. The average Bonchev–Trinajstić information content (AvgIpc) is 2.82. The number of nitrogens with zero attached hydrogens (tertiary/aromatic N) is 2. The van der Waals surface area contributed by atoms with Gasteiger partial charge in [0.15, 0.2) is 5.96 Å². The summed E-state index contributed by atoms with van der Waals surface area (Å²) in [7, 11) is -3.53. The monoisotopic (exact) mass is 491 g/mol. The number of carbonyl (C=O) groups excluding carboxylic acids is 1. The van der Waals surface area contributed by atoms with Gasteiger partial charge in [-0.25, -0.2) is 18.4 Å². The first-order valence-corrected chi connectivity index (χ1v) is 9.75. The third-order valence-electron chi connectivity index (χ3n) is 3.18. The number of amides is 1. The van der Waals surface area contributed by atoms with E-state index in [0.717, 1.165) is 6.42 Å². The molecule has 1 aliphatic rings. The summed E-state index contributed by atoms with van der Waals surface area (Å²) in [4.78, 5) is 18.1. The molecule has 1 aliphatic heterocycles. The van der Waals surface area contributed by atoms with Gasteiger partial charge in [0.2, 0.25) is 10.0 Å². The zero-order chi connectivity index (χ0) is 18.4. The molecule has 1 fully saturated rings. The molecule has 148 valence electrons. The van der Waals surface area contributed by atoms with Crippen molar-refractivity contribution in [1.82, 2.24) is 15.5 Å². The van der Waals surface area contributed by atoms with Crippen LogP contribution in [-0.2, 0) is 14.8 Å². The second kappa shape index (κ2) is 10.4. The van der Waals surface area contributed by atoms with Crippen molar-refractivity contribution in [3.63, 3.8) is 0 Å². The summed E-state index contributed by atoms with van der Waals surface area (Å²) in [5, 5.41) is 10.9. The molecule has 0 aliphatic carbocycles. The van der Waals surface area contributed by atoms with Crippen molar-refractivity contribution in [3.8, 4) is 0 Å². The fraction of sp³-hybridized carbons (Fsp3) is 0.857. The molecular formula is C14H30IN5O4S. The predicted octanol–water partition coefficient (Wildman–Crippen LogP) is 0.457. The van der Waals surface area contributed by atoms with E-state index >= 15 is 0 Å². The normalized spacial score (nSPS) is 18.5. The van der Waals surface area contributed by atoms with Gasteiger partial charge in [0.25, 0.3) is 0 Å². The van der Waals surface area contributed by atoms with E-state index in [9.17, 15) is 13.2 Å². The zero-order valence-electron chi connectivity index (χ0n) is 15.2. The summed E-state index contributed by atoms with van der Waals surface area (Å²) in [5.74, 6) is 0.421. The van der Waals surface area contributed by atoms with Crippen LogP contribution in [0.15, 0.2) is 4.99 Å². The molecule has 1 atom stereocenters. The van der Waals surface area contributed by atoms with Crippen LogP contribution < -0.4 is 15.8 Å². The number of aliphatic imine (C=N–C) groups is 1. The lowest BCUT2D eigenvalue weighted by molar-refractivity contribution is 0.0507. The molecule has 0 aromatic rings. The zero-order valence-corrected chi connectivity index (χ0v) is 18.4. The standard InChI is InChI=1S/C14H29N5O4S.HI/c1-5-16-12(17-7-9-24(15,21)22)19-8-6-11(10-19)18-13(20)23-14(2,3)4;/h11H,5-10H2,1-4H3,(H,16,17)(H,18,20)(H2,15,21,22);1H. The smallest absolute Gasteiger partial charge is 0.407 e. The molecule has 4 N–H and O–H groups in total. The molecule has 25 heavy (non-hydrogen) atoms. The molecule has 11 heteroatoms. The molecule has 0 aromatic heterocycles. The van der Waals surface area contributed by atoms with E-state index in [1.54, 1.807) is 0 Å². The molecule has 1 heterocycles. The van der Waals surface area contributed by atoms with Crippen LogP contribution in [0.25, 0.3) is 0 Å². The van der Waals surface area contributed by atoms with Crippen molar-refractivity contribution in [3.05, 3.63) is 0 Å². The van der Waals surface area contributed by atoms with Crippen molar-refractivity contribution in [2.45, 2.75) is 45.8 Å². The average molecular weight is 491 g/mol. The highest BCUT2D eigenvalue weighted by Gasteiger charge is 2.27. The molecule has 0 aromatic carbocycles. The first kappa shape index (κ1) is 24.2. The van der Waals surface area contributed by atoms with Gasteiger partial charge in [0.05, 0.1) is 18.3 Å². The Kier molecular flexibility index (Phi) is 10.0. The summed E-state index contributed by atoms with van der Waals surface area (Å²) in [6.07, 6.45) is 0.323. The Morgan fingerprint density at radius 3 is 2.56 bits per heavy atom. The van der Waals surface area contributed by atoms with Crippen LogP contribution >= 0.6 is 24.0 Å². The fourth-order valence-corrected chi connectivity index (χ4v) is 2.60. The molecule has 1 unspecified atom stereocenters. The molecule has 0 radical (unpaired) electrons. The Hall–Kier alpha value is -0.820. The first-order chi connectivity index (χ1) is 11.0. The lowest BCUT2D eigenvalue weighted by Crippen LogP contribution is -2.44.